The molecule has 198 valence electrons. The van der Waals surface area contributed by atoms with Crippen LogP contribution in [0.4, 0.5) is 0 Å². The summed E-state index contributed by atoms with van der Waals surface area (Å²) in [7, 11) is 0. The van der Waals surface area contributed by atoms with Crippen molar-refractivity contribution in [3.05, 3.63) is 0 Å². The fraction of sp³-hybridized carbons (Fsp3) is 0.893. The van der Waals surface area contributed by atoms with Gasteiger partial charge in [0, 0.05) is 6.42 Å². The number of fused-ring (bicyclic) bond motifs is 5. The highest BCUT2D eigenvalue weighted by atomic mass is 16.4. The summed E-state index contributed by atoms with van der Waals surface area (Å²) >= 11 is 0. The molecular weight excluding hydrogens is 446 g/mol. The van der Waals surface area contributed by atoms with Crippen molar-refractivity contribution in [1.29, 1.82) is 0 Å². The van der Waals surface area contributed by atoms with Crippen LogP contribution in [0.25, 0.3) is 0 Å². The van der Waals surface area contributed by atoms with Crippen LogP contribution in [0.5, 0.6) is 0 Å². The van der Waals surface area contributed by atoms with Crippen molar-refractivity contribution in [2.24, 2.45) is 46.3 Å². The standard InChI is InChI=1S/C28H45NO6/c1-16(4-9-24(31)29-23(26(34)35)15-25(32)33)20-7-8-21-19-6-5-17-14-18(30)10-12-27(17,2)22(19)11-13-28(20,21)3/h16-23,30H,4-15H2,1-3H3,(H,29,31)(H,32,33)(H,34,35)/t16-,17-,18-,19+,20-,21+,22+,23-,27+,28-/m1/s1. The third kappa shape index (κ3) is 4.99. The summed E-state index contributed by atoms with van der Waals surface area (Å²) in [5.41, 5.74) is 0.670. The number of amides is 1. The zero-order valence-electron chi connectivity index (χ0n) is 21.7. The van der Waals surface area contributed by atoms with Gasteiger partial charge in [0.1, 0.15) is 6.04 Å². The predicted octanol–water partition coefficient (Wildman–Crippen LogP) is 4.47. The third-order valence-electron chi connectivity index (χ3n) is 11.2. The van der Waals surface area contributed by atoms with Gasteiger partial charge in [-0.1, -0.05) is 20.8 Å². The Morgan fingerprint density at radius 2 is 1.63 bits per heavy atom. The van der Waals surface area contributed by atoms with Gasteiger partial charge in [-0.2, -0.15) is 0 Å². The number of carbonyl (C=O) groups excluding carboxylic acids is 1. The van der Waals surface area contributed by atoms with Crippen LogP contribution in [0, 0.1) is 46.3 Å². The van der Waals surface area contributed by atoms with Gasteiger partial charge < -0.3 is 20.6 Å². The molecule has 10 atom stereocenters. The second-order valence-corrected chi connectivity index (χ2v) is 12.9. The van der Waals surface area contributed by atoms with E-state index in [1.807, 2.05) is 0 Å². The normalized spacial score (nSPS) is 42.2. The van der Waals surface area contributed by atoms with Crippen molar-refractivity contribution in [2.45, 2.75) is 110 Å². The van der Waals surface area contributed by atoms with Crippen molar-refractivity contribution < 1.29 is 29.7 Å². The number of aliphatic hydroxyl groups is 1. The second kappa shape index (κ2) is 10.0. The molecule has 7 nitrogen and oxygen atoms in total. The number of hydrogen-bond donors (Lipinski definition) is 4. The van der Waals surface area contributed by atoms with Gasteiger partial charge in [0.2, 0.25) is 5.91 Å². The van der Waals surface area contributed by atoms with Gasteiger partial charge in [-0.15, -0.1) is 0 Å². The number of aliphatic carboxylic acids is 2. The fourth-order valence-corrected chi connectivity index (χ4v) is 9.41. The molecule has 0 heterocycles. The highest BCUT2D eigenvalue weighted by Gasteiger charge is 2.60. The van der Waals surface area contributed by atoms with E-state index in [1.54, 1.807) is 0 Å². The number of carboxylic acid groups (broad SMARTS) is 2. The van der Waals surface area contributed by atoms with Crippen LogP contribution in [-0.2, 0) is 14.4 Å². The minimum absolute atomic E-state index is 0.109. The molecule has 0 bridgehead atoms. The molecule has 7 heteroatoms. The maximum absolute atomic E-state index is 12.4. The monoisotopic (exact) mass is 491 g/mol. The van der Waals surface area contributed by atoms with Crippen molar-refractivity contribution in [3.8, 4) is 0 Å². The molecule has 35 heavy (non-hydrogen) atoms. The highest BCUT2D eigenvalue weighted by molar-refractivity contribution is 5.86. The van der Waals surface area contributed by atoms with Crippen LogP contribution in [0.1, 0.15) is 97.8 Å². The van der Waals surface area contributed by atoms with Gasteiger partial charge in [0.05, 0.1) is 12.5 Å². The van der Waals surface area contributed by atoms with Crippen LogP contribution >= 0.6 is 0 Å². The van der Waals surface area contributed by atoms with Crippen molar-refractivity contribution in [2.75, 3.05) is 0 Å². The summed E-state index contributed by atoms with van der Waals surface area (Å²) in [4.78, 5) is 34.6. The Morgan fingerprint density at radius 3 is 2.31 bits per heavy atom. The molecule has 0 aliphatic heterocycles. The minimum Gasteiger partial charge on any atom is -0.481 e. The zero-order chi connectivity index (χ0) is 25.5. The van der Waals surface area contributed by atoms with Gasteiger partial charge in [-0.25, -0.2) is 4.79 Å². The molecule has 4 saturated carbocycles. The summed E-state index contributed by atoms with van der Waals surface area (Å²) < 4.78 is 0. The van der Waals surface area contributed by atoms with E-state index in [1.165, 1.54) is 38.5 Å². The lowest BCUT2D eigenvalue weighted by molar-refractivity contribution is -0.147. The molecule has 0 spiro atoms. The Kier molecular flexibility index (Phi) is 7.57. The topological polar surface area (TPSA) is 124 Å². The van der Waals surface area contributed by atoms with Gasteiger partial charge in [-0.05, 0) is 111 Å². The molecule has 0 aromatic heterocycles. The number of nitrogens with one attached hydrogen (secondary N) is 1. The minimum atomic E-state index is -1.38. The van der Waals surface area contributed by atoms with E-state index < -0.39 is 24.4 Å². The van der Waals surface area contributed by atoms with E-state index >= 15 is 0 Å². The van der Waals surface area contributed by atoms with Crippen LogP contribution in [0.15, 0.2) is 0 Å². The molecule has 4 aliphatic carbocycles. The Balaban J connectivity index is 1.36. The van der Waals surface area contributed by atoms with Crippen LogP contribution in [0.2, 0.25) is 0 Å². The van der Waals surface area contributed by atoms with Gasteiger partial charge >= 0.3 is 11.9 Å². The van der Waals surface area contributed by atoms with Gasteiger partial charge in [0.25, 0.3) is 0 Å². The first-order chi connectivity index (χ1) is 16.5. The maximum atomic E-state index is 12.4. The van der Waals surface area contributed by atoms with Crippen molar-refractivity contribution in [3.63, 3.8) is 0 Å². The predicted molar refractivity (Wildman–Crippen MR) is 131 cm³/mol. The first kappa shape index (κ1) is 26.4. The van der Waals surface area contributed by atoms with E-state index in [4.69, 9.17) is 5.11 Å². The van der Waals surface area contributed by atoms with E-state index in [9.17, 15) is 24.6 Å². The average Bonchev–Trinajstić information content (AvgIpc) is 3.14. The zero-order valence-corrected chi connectivity index (χ0v) is 21.7. The molecule has 4 aliphatic rings. The highest BCUT2D eigenvalue weighted by Crippen LogP contribution is 2.68. The summed E-state index contributed by atoms with van der Waals surface area (Å²) in [6.07, 6.45) is 10.8. The molecule has 1 amide bonds. The number of rotatable bonds is 8. The quantitative estimate of drug-likeness (QED) is 0.397. The number of carbonyl (C=O) groups is 3. The molecular formula is C28H45NO6. The Morgan fingerprint density at radius 1 is 0.943 bits per heavy atom. The summed E-state index contributed by atoms with van der Waals surface area (Å²) in [5.74, 6) is 0.959. The van der Waals surface area contributed by atoms with Gasteiger partial charge in [-0.3, -0.25) is 9.59 Å². The summed E-state index contributed by atoms with van der Waals surface area (Å²) in [6.45, 7) is 7.25. The largest absolute Gasteiger partial charge is 0.481 e. The molecule has 4 rings (SSSR count). The molecule has 0 saturated heterocycles. The molecule has 0 radical (unpaired) electrons. The number of carboxylic acids is 2. The molecule has 0 aromatic carbocycles. The van der Waals surface area contributed by atoms with Gasteiger partial charge in [0.15, 0.2) is 0 Å². The fourth-order valence-electron chi connectivity index (χ4n) is 9.41. The number of aliphatic hydroxyl groups excluding tert-OH is 1. The average molecular weight is 492 g/mol. The van der Waals surface area contributed by atoms with Crippen molar-refractivity contribution >= 4 is 17.8 Å². The van der Waals surface area contributed by atoms with Crippen LogP contribution < -0.4 is 5.32 Å². The van der Waals surface area contributed by atoms with Crippen molar-refractivity contribution in [1.82, 2.24) is 5.32 Å². The summed E-state index contributed by atoms with van der Waals surface area (Å²) in [6, 6.07) is -1.38. The lowest BCUT2D eigenvalue weighted by Crippen LogP contribution is -2.54. The van der Waals surface area contributed by atoms with E-state index in [0.717, 1.165) is 37.0 Å². The molecule has 4 fully saturated rings. The smallest absolute Gasteiger partial charge is 0.326 e. The molecule has 0 aromatic rings. The number of hydrogen-bond acceptors (Lipinski definition) is 4. The van der Waals surface area contributed by atoms with E-state index in [-0.39, 0.29) is 18.4 Å². The second-order valence-electron chi connectivity index (χ2n) is 12.9. The van der Waals surface area contributed by atoms with E-state index in [0.29, 0.717) is 35.0 Å². The SMILES string of the molecule is C[C@H](CCC(=O)N[C@H](CC(=O)O)C(=O)O)[C@H]1CC[C@H]2[C@@H]3CC[C@@H]4C[C@H](O)CC[C@]4(C)[C@H]3CC[C@]12C. The Hall–Kier alpha value is -1.63. The molecule has 0 unspecified atom stereocenters. The van der Waals surface area contributed by atoms with Crippen LogP contribution in [-0.4, -0.2) is 45.3 Å². The third-order valence-corrected chi connectivity index (χ3v) is 11.2. The lowest BCUT2D eigenvalue weighted by atomic mass is 9.44. The van der Waals surface area contributed by atoms with Crippen LogP contribution in [0.3, 0.4) is 0 Å². The molecule has 4 N–H and O–H groups in total. The first-order valence-corrected chi connectivity index (χ1v) is 13.9. The first-order valence-electron chi connectivity index (χ1n) is 13.9. The maximum Gasteiger partial charge on any atom is 0.326 e. The van der Waals surface area contributed by atoms with E-state index in [2.05, 4.69) is 26.1 Å². The summed E-state index contributed by atoms with van der Waals surface area (Å²) in [5, 5.41) is 30.7. The Bertz CT molecular complexity index is 830. The Labute approximate surface area is 209 Å². The lowest BCUT2D eigenvalue weighted by Gasteiger charge is -2.61.